The zero-order valence-electron chi connectivity index (χ0n) is 15.8. The fourth-order valence-electron chi connectivity index (χ4n) is 2.74. The van der Waals surface area contributed by atoms with Crippen molar-refractivity contribution in [3.63, 3.8) is 0 Å². The number of methoxy groups -OCH3 is 1. The molecule has 1 aromatic heterocycles. The molecule has 0 fully saturated rings. The Morgan fingerprint density at radius 1 is 1.25 bits per heavy atom. The molecule has 0 bridgehead atoms. The summed E-state index contributed by atoms with van der Waals surface area (Å²) in [6.45, 7) is 2.01. The van der Waals surface area contributed by atoms with Crippen molar-refractivity contribution in [2.45, 2.75) is 20.0 Å². The lowest BCUT2D eigenvalue weighted by atomic mass is 10.1. The van der Waals surface area contributed by atoms with Crippen molar-refractivity contribution < 1.29 is 18.3 Å². The molecule has 146 valence electrons. The maximum absolute atomic E-state index is 13.0. The number of nitrogens with zero attached hydrogens (tertiary/aromatic N) is 3. The van der Waals surface area contributed by atoms with E-state index in [1.54, 1.807) is 14.2 Å². The van der Waals surface area contributed by atoms with Crippen LogP contribution in [-0.2, 0) is 17.9 Å². The van der Waals surface area contributed by atoms with Gasteiger partial charge in [-0.15, -0.1) is 5.10 Å². The molecule has 0 radical (unpaired) electrons. The molecule has 7 nitrogen and oxygen atoms in total. The highest BCUT2D eigenvalue weighted by molar-refractivity contribution is 5.75. The monoisotopic (exact) mass is 385 g/mol. The second-order valence-corrected chi connectivity index (χ2v) is 6.40. The lowest BCUT2D eigenvalue weighted by Gasteiger charge is -2.19. The van der Waals surface area contributed by atoms with Gasteiger partial charge in [-0.1, -0.05) is 17.7 Å². The summed E-state index contributed by atoms with van der Waals surface area (Å²) in [5.74, 6) is -0.768. The van der Waals surface area contributed by atoms with Gasteiger partial charge < -0.3 is 14.1 Å². The van der Waals surface area contributed by atoms with Crippen molar-refractivity contribution in [1.82, 2.24) is 14.7 Å². The molecule has 0 aliphatic carbocycles. The molecule has 8 heteroatoms. The maximum Gasteiger partial charge on any atom is 0.437 e. The van der Waals surface area contributed by atoms with Crippen molar-refractivity contribution in [2.24, 2.45) is 0 Å². The first kappa shape index (κ1) is 19.3. The van der Waals surface area contributed by atoms with Crippen LogP contribution in [0.5, 0.6) is 5.75 Å². The van der Waals surface area contributed by atoms with Gasteiger partial charge in [-0.2, -0.15) is 4.68 Å². The number of benzene rings is 2. The second-order valence-electron chi connectivity index (χ2n) is 6.40. The highest BCUT2D eigenvalue weighted by Crippen LogP contribution is 2.21. The molecule has 1 heterocycles. The van der Waals surface area contributed by atoms with Crippen molar-refractivity contribution in [2.75, 3.05) is 14.2 Å². The molecule has 1 amide bonds. The summed E-state index contributed by atoms with van der Waals surface area (Å²) in [4.78, 5) is 26.0. The van der Waals surface area contributed by atoms with Crippen LogP contribution in [0.25, 0.3) is 11.5 Å². The number of hydrogen-bond acceptors (Lipinski definition) is 5. The fourth-order valence-corrected chi connectivity index (χ4v) is 2.74. The molecule has 28 heavy (non-hydrogen) atoms. The third kappa shape index (κ3) is 4.28. The number of carbonyl (C=O) groups excluding carboxylic acids is 1. The van der Waals surface area contributed by atoms with Gasteiger partial charge in [0.05, 0.1) is 7.11 Å². The van der Waals surface area contributed by atoms with Crippen molar-refractivity contribution in [3.8, 4) is 17.2 Å². The van der Waals surface area contributed by atoms with E-state index in [2.05, 4.69) is 5.10 Å². The average Bonchev–Trinajstić information content (AvgIpc) is 3.03. The van der Waals surface area contributed by atoms with Crippen LogP contribution in [0.1, 0.15) is 11.1 Å². The minimum atomic E-state index is -0.755. The Hall–Kier alpha value is -3.42. The molecule has 3 aromatic rings. The third-order valence-electron chi connectivity index (χ3n) is 4.25. The van der Waals surface area contributed by atoms with Gasteiger partial charge >= 0.3 is 5.76 Å². The van der Waals surface area contributed by atoms with Crippen molar-refractivity contribution >= 4 is 5.91 Å². The van der Waals surface area contributed by atoms with Gasteiger partial charge in [0, 0.05) is 24.7 Å². The normalized spacial score (nSPS) is 10.7. The Bertz CT molecular complexity index is 1040. The number of carbonyl (C=O) groups is 1. The highest BCUT2D eigenvalue weighted by Gasteiger charge is 2.17. The summed E-state index contributed by atoms with van der Waals surface area (Å²) in [6.07, 6.45) is 0. The van der Waals surface area contributed by atoms with E-state index in [0.29, 0.717) is 17.9 Å². The van der Waals surface area contributed by atoms with E-state index in [1.807, 2.05) is 25.1 Å². The van der Waals surface area contributed by atoms with E-state index in [4.69, 9.17) is 9.15 Å². The number of amides is 1. The number of aryl methyl sites for hydroxylation is 1. The number of likely N-dealkylation sites (N-methyl/N-ethyl adjacent to an activating group) is 1. The fraction of sp³-hybridized carbons (Fsp3) is 0.250. The second kappa shape index (κ2) is 8.08. The summed E-state index contributed by atoms with van der Waals surface area (Å²) < 4.78 is 24.4. The van der Waals surface area contributed by atoms with Crippen LogP contribution in [0.3, 0.4) is 0 Å². The van der Waals surface area contributed by atoms with E-state index in [9.17, 15) is 14.0 Å². The van der Waals surface area contributed by atoms with Crippen LogP contribution in [0.4, 0.5) is 4.39 Å². The van der Waals surface area contributed by atoms with Gasteiger partial charge in [0.1, 0.15) is 18.1 Å². The summed E-state index contributed by atoms with van der Waals surface area (Å²) in [5.41, 5.74) is 2.36. The zero-order chi connectivity index (χ0) is 20.3. The van der Waals surface area contributed by atoms with Crippen LogP contribution in [-0.4, -0.2) is 34.7 Å². The number of halogens is 1. The van der Waals surface area contributed by atoms with Gasteiger partial charge in [-0.25, -0.2) is 9.18 Å². The topological polar surface area (TPSA) is 77.6 Å². The Labute approximate surface area is 161 Å². The predicted molar refractivity (Wildman–Crippen MR) is 100 cm³/mol. The Morgan fingerprint density at radius 3 is 2.64 bits per heavy atom. The van der Waals surface area contributed by atoms with Gasteiger partial charge in [-0.3, -0.25) is 4.79 Å². The number of aromatic nitrogens is 2. The Balaban J connectivity index is 1.73. The average molecular weight is 385 g/mol. The molecule has 0 spiro atoms. The van der Waals surface area contributed by atoms with Crippen LogP contribution in [0, 0.1) is 12.7 Å². The van der Waals surface area contributed by atoms with Crippen LogP contribution < -0.4 is 10.5 Å². The minimum absolute atomic E-state index is 0.0285. The van der Waals surface area contributed by atoms with E-state index in [-0.39, 0.29) is 18.3 Å². The van der Waals surface area contributed by atoms with Gasteiger partial charge in [0.25, 0.3) is 0 Å². The molecule has 0 saturated carbocycles. The largest absolute Gasteiger partial charge is 0.496 e. The quantitative estimate of drug-likeness (QED) is 0.652. The molecule has 0 N–H and O–H groups in total. The highest BCUT2D eigenvalue weighted by atomic mass is 19.1. The van der Waals surface area contributed by atoms with Crippen LogP contribution in [0.15, 0.2) is 51.7 Å². The van der Waals surface area contributed by atoms with E-state index < -0.39 is 11.6 Å². The van der Waals surface area contributed by atoms with Crippen LogP contribution >= 0.6 is 0 Å². The SMILES string of the molecule is COc1ccc(C)cc1CN(C)C(=O)Cn1nc(-c2ccc(F)cc2)oc1=O. The van der Waals surface area contributed by atoms with Crippen LogP contribution in [0.2, 0.25) is 0 Å². The lowest BCUT2D eigenvalue weighted by molar-refractivity contribution is -0.131. The molecule has 3 rings (SSSR count). The maximum atomic E-state index is 13.0. The molecule has 2 aromatic carbocycles. The lowest BCUT2D eigenvalue weighted by Crippen LogP contribution is -2.33. The standard InChI is InChI=1S/C20H20FN3O4/c1-13-4-9-17(27-3)15(10-13)11-23(2)18(25)12-24-20(26)28-19(22-24)14-5-7-16(21)8-6-14/h4-10H,11-12H2,1-3H3. The van der Waals surface area contributed by atoms with E-state index in [1.165, 1.54) is 29.2 Å². The minimum Gasteiger partial charge on any atom is -0.496 e. The summed E-state index contributed by atoms with van der Waals surface area (Å²) in [5, 5.41) is 4.03. The van der Waals surface area contributed by atoms with Gasteiger partial charge in [0.2, 0.25) is 11.8 Å². The summed E-state index contributed by atoms with van der Waals surface area (Å²) in [7, 11) is 3.21. The van der Waals surface area contributed by atoms with E-state index >= 15 is 0 Å². The first-order valence-corrected chi connectivity index (χ1v) is 8.58. The molecular formula is C20H20FN3O4. The third-order valence-corrected chi connectivity index (χ3v) is 4.25. The summed E-state index contributed by atoms with van der Waals surface area (Å²) >= 11 is 0. The van der Waals surface area contributed by atoms with Crippen molar-refractivity contribution in [3.05, 3.63) is 70.0 Å². The first-order valence-electron chi connectivity index (χ1n) is 8.58. The Kier molecular flexibility index (Phi) is 5.58. The molecule has 0 unspecified atom stereocenters. The molecule has 0 atom stereocenters. The number of hydrogen-bond donors (Lipinski definition) is 0. The van der Waals surface area contributed by atoms with Crippen molar-refractivity contribution in [1.29, 1.82) is 0 Å². The molecule has 0 saturated heterocycles. The molecule has 0 aliphatic heterocycles. The first-order chi connectivity index (χ1) is 13.4. The zero-order valence-corrected chi connectivity index (χ0v) is 15.8. The number of ether oxygens (including phenoxy) is 1. The number of rotatable bonds is 6. The molecule has 0 aliphatic rings. The molecular weight excluding hydrogens is 365 g/mol. The van der Waals surface area contributed by atoms with Gasteiger partial charge in [0.15, 0.2) is 0 Å². The summed E-state index contributed by atoms with van der Waals surface area (Å²) in [6, 6.07) is 11.1. The van der Waals surface area contributed by atoms with E-state index in [0.717, 1.165) is 15.8 Å². The smallest absolute Gasteiger partial charge is 0.437 e. The Morgan fingerprint density at radius 2 is 1.96 bits per heavy atom. The van der Waals surface area contributed by atoms with Gasteiger partial charge in [-0.05, 0) is 37.3 Å². The predicted octanol–water partition coefficient (Wildman–Crippen LogP) is 2.62.